The highest BCUT2D eigenvalue weighted by atomic mass is 16.5. The van der Waals surface area contributed by atoms with Gasteiger partial charge in [0.25, 0.3) is 0 Å². The lowest BCUT2D eigenvalue weighted by atomic mass is 10.1. The zero-order valence-electron chi connectivity index (χ0n) is 23.5. The molecule has 0 bridgehead atoms. The van der Waals surface area contributed by atoms with Gasteiger partial charge in [0, 0.05) is 37.1 Å². The first kappa shape index (κ1) is 30.7. The van der Waals surface area contributed by atoms with Gasteiger partial charge in [-0.15, -0.1) is 0 Å². The van der Waals surface area contributed by atoms with Crippen molar-refractivity contribution in [2.45, 2.75) is 98.1 Å². The Morgan fingerprint density at radius 2 is 1.11 bits per heavy atom. The van der Waals surface area contributed by atoms with E-state index in [1.54, 1.807) is 6.92 Å². The summed E-state index contributed by atoms with van der Waals surface area (Å²) in [6, 6.07) is 15.7. The molecule has 0 aliphatic carbocycles. The van der Waals surface area contributed by atoms with Gasteiger partial charge in [-0.3, -0.25) is 4.79 Å². The second-order valence-electron chi connectivity index (χ2n) is 9.50. The largest absolute Gasteiger partial charge is 0.459 e. The van der Waals surface area contributed by atoms with Crippen LogP contribution in [0.3, 0.4) is 0 Å². The minimum absolute atomic E-state index is 0.163. The molecule has 0 heterocycles. The van der Waals surface area contributed by atoms with E-state index in [4.69, 9.17) is 4.74 Å². The minimum Gasteiger partial charge on any atom is -0.459 e. The molecule has 0 saturated heterocycles. The Hall–Kier alpha value is -3.50. The Kier molecular flexibility index (Phi) is 15.1. The maximum Gasteiger partial charge on any atom is 0.397 e. The van der Waals surface area contributed by atoms with Gasteiger partial charge >= 0.3 is 11.9 Å². The van der Waals surface area contributed by atoms with Gasteiger partial charge in [-0.05, 0) is 55.2 Å². The minimum atomic E-state index is -0.830. The third-order valence-electron chi connectivity index (χ3n) is 6.17. The molecule has 202 valence electrons. The number of unbranched alkanes of at least 4 members (excludes halogenated alkanes) is 8. The fourth-order valence-corrected chi connectivity index (χ4v) is 3.96. The van der Waals surface area contributed by atoms with Crippen molar-refractivity contribution in [2.75, 3.05) is 6.61 Å². The molecule has 0 radical (unpaired) electrons. The fourth-order valence-electron chi connectivity index (χ4n) is 3.96. The summed E-state index contributed by atoms with van der Waals surface area (Å²) in [4.78, 5) is 26.7. The summed E-state index contributed by atoms with van der Waals surface area (Å²) < 4.78 is 4.99. The number of nitrogens with zero attached hydrogens (tertiary/aromatic N) is 1. The molecule has 4 nitrogen and oxygen atoms in total. The quantitative estimate of drug-likeness (QED) is 0.121. The summed E-state index contributed by atoms with van der Waals surface area (Å²) in [7, 11) is 0. The highest BCUT2D eigenvalue weighted by molar-refractivity contribution is 6.32. The average molecular weight is 514 g/mol. The molecule has 0 fully saturated rings. The molecule has 4 heteroatoms. The van der Waals surface area contributed by atoms with E-state index in [-0.39, 0.29) is 6.61 Å². The van der Waals surface area contributed by atoms with E-state index in [0.717, 1.165) is 47.9 Å². The van der Waals surface area contributed by atoms with Crippen molar-refractivity contribution < 1.29 is 14.3 Å². The van der Waals surface area contributed by atoms with E-state index in [2.05, 4.69) is 37.5 Å². The molecule has 0 aliphatic heterocycles. The molecule has 0 atom stereocenters. The molecule has 0 aliphatic rings. The van der Waals surface area contributed by atoms with Gasteiger partial charge in [-0.25, -0.2) is 4.79 Å². The topological polar surface area (TPSA) is 46.6 Å². The Morgan fingerprint density at radius 3 is 1.50 bits per heavy atom. The zero-order chi connectivity index (χ0) is 27.4. The van der Waals surface area contributed by atoms with Crippen LogP contribution in [0.2, 0.25) is 0 Å². The Morgan fingerprint density at radius 1 is 0.658 bits per heavy atom. The molecule has 1 amide bonds. The molecule has 0 spiro atoms. The predicted molar refractivity (Wildman–Crippen MR) is 155 cm³/mol. The lowest BCUT2D eigenvalue weighted by molar-refractivity contribution is -0.160. The number of esters is 1. The van der Waals surface area contributed by atoms with Crippen LogP contribution in [0.1, 0.15) is 107 Å². The lowest BCUT2D eigenvalue weighted by Crippen LogP contribution is -2.36. The monoisotopic (exact) mass is 513 g/mol. The van der Waals surface area contributed by atoms with Crippen molar-refractivity contribution in [2.24, 2.45) is 0 Å². The summed E-state index contributed by atoms with van der Waals surface area (Å²) in [5.41, 5.74) is 3.77. The number of carbonyl (C=O) groups is 2. The van der Waals surface area contributed by atoms with Crippen molar-refractivity contribution in [3.05, 3.63) is 70.8 Å². The Labute approximate surface area is 230 Å². The number of hydrogen-bond acceptors (Lipinski definition) is 3. The summed E-state index contributed by atoms with van der Waals surface area (Å²) in [6.45, 7) is 6.89. The highest BCUT2D eigenvalue weighted by Crippen LogP contribution is 2.14. The lowest BCUT2D eigenvalue weighted by Gasteiger charge is -2.22. The maximum absolute atomic E-state index is 12.9. The number of amides is 1. The van der Waals surface area contributed by atoms with E-state index < -0.39 is 11.9 Å². The van der Waals surface area contributed by atoms with E-state index in [1.165, 1.54) is 43.4 Å². The standard InChI is InChI=1S/C34H43NO3/c1-4-7-9-11-13-15-17-29-19-23-31(24-20-29)27-35(33(36)34(37)38-6-3)28-32-25-21-30(22-26-32)18-16-14-12-10-8-5-2/h19-26H,4-14,27-28H2,1-3H3. The van der Waals surface area contributed by atoms with Crippen LogP contribution in [0.5, 0.6) is 0 Å². The van der Waals surface area contributed by atoms with Crippen molar-refractivity contribution >= 4 is 11.9 Å². The van der Waals surface area contributed by atoms with Gasteiger partial charge in [0.1, 0.15) is 0 Å². The third kappa shape index (κ3) is 12.2. The van der Waals surface area contributed by atoms with Crippen molar-refractivity contribution in [3.63, 3.8) is 0 Å². The maximum atomic E-state index is 12.9. The zero-order valence-corrected chi connectivity index (χ0v) is 23.5. The second-order valence-corrected chi connectivity index (χ2v) is 9.50. The van der Waals surface area contributed by atoms with Gasteiger partial charge in [-0.1, -0.05) is 100 Å². The summed E-state index contributed by atoms with van der Waals surface area (Å²) in [6.07, 6.45) is 11.5. The molecule has 2 aromatic carbocycles. The van der Waals surface area contributed by atoms with E-state index in [9.17, 15) is 9.59 Å². The van der Waals surface area contributed by atoms with Crippen molar-refractivity contribution in [1.29, 1.82) is 0 Å². The van der Waals surface area contributed by atoms with Crippen LogP contribution in [0.15, 0.2) is 48.5 Å². The van der Waals surface area contributed by atoms with E-state index in [1.807, 2.05) is 48.5 Å². The number of ether oxygens (including phenoxy) is 1. The Bertz CT molecular complexity index is 1020. The van der Waals surface area contributed by atoms with Gasteiger partial charge < -0.3 is 9.64 Å². The van der Waals surface area contributed by atoms with E-state index >= 15 is 0 Å². The first-order valence-electron chi connectivity index (χ1n) is 14.2. The molecule has 0 saturated carbocycles. The molecular formula is C34H43NO3. The highest BCUT2D eigenvalue weighted by Gasteiger charge is 2.23. The van der Waals surface area contributed by atoms with Gasteiger partial charge in [0.15, 0.2) is 0 Å². The van der Waals surface area contributed by atoms with Crippen LogP contribution in [-0.2, 0) is 27.4 Å². The normalized spacial score (nSPS) is 10.1. The molecule has 0 N–H and O–H groups in total. The number of rotatable bonds is 13. The first-order chi connectivity index (χ1) is 18.6. The molecule has 2 rings (SSSR count). The number of carbonyl (C=O) groups excluding carboxylic acids is 2. The van der Waals surface area contributed by atoms with Crippen LogP contribution in [0.4, 0.5) is 0 Å². The van der Waals surface area contributed by atoms with Gasteiger partial charge in [-0.2, -0.15) is 0 Å². The van der Waals surface area contributed by atoms with Crippen molar-refractivity contribution in [3.8, 4) is 23.7 Å². The molecular weight excluding hydrogens is 470 g/mol. The van der Waals surface area contributed by atoms with Crippen LogP contribution >= 0.6 is 0 Å². The predicted octanol–water partition coefficient (Wildman–Crippen LogP) is 7.42. The summed E-state index contributed by atoms with van der Waals surface area (Å²) in [5.74, 6) is 11.5. The average Bonchev–Trinajstić information content (AvgIpc) is 2.93. The SMILES string of the molecule is CCCCCCC#Cc1ccc(CN(Cc2ccc(C#CCCCCCC)cc2)C(=O)C(=O)OCC)cc1. The van der Waals surface area contributed by atoms with Gasteiger partial charge in [0.05, 0.1) is 6.61 Å². The molecule has 38 heavy (non-hydrogen) atoms. The molecule has 0 aromatic heterocycles. The van der Waals surface area contributed by atoms with Crippen LogP contribution in [-0.4, -0.2) is 23.4 Å². The molecule has 2 aromatic rings. The Balaban J connectivity index is 2.03. The van der Waals surface area contributed by atoms with E-state index in [0.29, 0.717) is 13.1 Å². The third-order valence-corrected chi connectivity index (χ3v) is 6.17. The van der Waals surface area contributed by atoms with Crippen LogP contribution < -0.4 is 0 Å². The smallest absolute Gasteiger partial charge is 0.397 e. The second kappa shape index (κ2) is 18.7. The summed E-state index contributed by atoms with van der Waals surface area (Å²) in [5, 5.41) is 0. The number of hydrogen-bond donors (Lipinski definition) is 0. The summed E-state index contributed by atoms with van der Waals surface area (Å²) >= 11 is 0. The van der Waals surface area contributed by atoms with Crippen LogP contribution in [0, 0.1) is 23.7 Å². The molecule has 0 unspecified atom stereocenters. The van der Waals surface area contributed by atoms with Gasteiger partial charge in [0.2, 0.25) is 0 Å². The fraction of sp³-hybridized carbons (Fsp3) is 0.471. The first-order valence-corrected chi connectivity index (χ1v) is 14.2. The van der Waals surface area contributed by atoms with Crippen molar-refractivity contribution in [1.82, 2.24) is 4.90 Å². The van der Waals surface area contributed by atoms with Crippen LogP contribution in [0.25, 0.3) is 0 Å². The number of benzene rings is 2.